The van der Waals surface area contributed by atoms with Crippen molar-refractivity contribution in [3.8, 4) is 11.5 Å². The molecule has 3 aromatic rings. The standard InChI is InChI=1S/C22H21N3O4/c1-2-19(26)25-16(22(23)27)10-14-13-5-3-4-6-15(13)24-20(14)21(25)12-7-8-17-18(9-12)29-11-28-17/h3-9,16,21,24H,2,10-11H2,1H3,(H2,23,27)/p+1/t16-,21-/m1/s1. The largest absolute Gasteiger partial charge is 0.454 e. The van der Waals surface area contributed by atoms with Gasteiger partial charge in [0, 0.05) is 29.4 Å². The lowest BCUT2D eigenvalue weighted by Gasteiger charge is -2.40. The first-order chi connectivity index (χ1) is 14.1. The predicted molar refractivity (Wildman–Crippen MR) is 105 cm³/mol. The average molecular weight is 392 g/mol. The van der Waals surface area contributed by atoms with Gasteiger partial charge in [0.05, 0.1) is 6.04 Å². The number of H-pyrrole nitrogens is 1. The van der Waals surface area contributed by atoms with Gasteiger partial charge in [-0.05, 0) is 29.3 Å². The van der Waals surface area contributed by atoms with E-state index in [0.29, 0.717) is 24.3 Å². The Morgan fingerprint density at radius 1 is 1.17 bits per heavy atom. The molecule has 0 saturated carbocycles. The van der Waals surface area contributed by atoms with Crippen molar-refractivity contribution in [2.45, 2.75) is 31.8 Å². The number of nitrogens with one attached hydrogen (secondary N) is 1. The summed E-state index contributed by atoms with van der Waals surface area (Å²) in [6.45, 7) is 1.99. The quantitative estimate of drug-likeness (QED) is 0.711. The molecule has 2 atom stereocenters. The Hall–Kier alpha value is -3.32. The molecule has 2 aromatic carbocycles. The SMILES string of the molecule is CCC(=O)N1[C@H](c2ccc3c(c2)OCO3)c2[nH]c3ccccc3c2C[C@@H]1C([NH3+])=O. The van der Waals surface area contributed by atoms with E-state index in [4.69, 9.17) is 9.47 Å². The van der Waals surface area contributed by atoms with Crippen LogP contribution in [0.25, 0.3) is 10.9 Å². The summed E-state index contributed by atoms with van der Waals surface area (Å²) in [5.41, 5.74) is 7.52. The molecule has 0 radical (unpaired) electrons. The fourth-order valence-electron chi connectivity index (χ4n) is 4.46. The number of ether oxygens (including phenoxy) is 2. The van der Waals surface area contributed by atoms with Gasteiger partial charge in [-0.25, -0.2) is 4.79 Å². The Bertz CT molecular complexity index is 1140. The number of amides is 2. The highest BCUT2D eigenvalue weighted by Crippen LogP contribution is 2.43. The molecule has 148 valence electrons. The molecular formula is C22H22N3O4+. The van der Waals surface area contributed by atoms with Crippen LogP contribution in [0.2, 0.25) is 0 Å². The Balaban J connectivity index is 1.75. The van der Waals surface area contributed by atoms with Crippen LogP contribution in [0.3, 0.4) is 0 Å². The van der Waals surface area contributed by atoms with Gasteiger partial charge in [-0.2, -0.15) is 0 Å². The number of hydrogen-bond acceptors (Lipinski definition) is 4. The summed E-state index contributed by atoms with van der Waals surface area (Å²) in [5.74, 6) is 0.985. The third kappa shape index (κ3) is 2.69. The zero-order valence-electron chi connectivity index (χ0n) is 16.1. The van der Waals surface area contributed by atoms with E-state index < -0.39 is 12.1 Å². The van der Waals surface area contributed by atoms with Crippen molar-refractivity contribution in [2.75, 3.05) is 6.79 Å². The fourth-order valence-corrected chi connectivity index (χ4v) is 4.46. The summed E-state index contributed by atoms with van der Waals surface area (Å²) in [6.07, 6.45) is 0.759. The van der Waals surface area contributed by atoms with Crippen molar-refractivity contribution in [3.63, 3.8) is 0 Å². The zero-order chi connectivity index (χ0) is 20.1. The number of aromatic nitrogens is 1. The highest BCUT2D eigenvalue weighted by atomic mass is 16.7. The van der Waals surface area contributed by atoms with Crippen molar-refractivity contribution in [2.24, 2.45) is 0 Å². The van der Waals surface area contributed by atoms with Gasteiger partial charge in [-0.15, -0.1) is 0 Å². The van der Waals surface area contributed by atoms with Crippen molar-refractivity contribution < 1.29 is 24.8 Å². The van der Waals surface area contributed by atoms with E-state index in [-0.39, 0.29) is 18.6 Å². The van der Waals surface area contributed by atoms with E-state index in [1.165, 1.54) is 0 Å². The summed E-state index contributed by atoms with van der Waals surface area (Å²) in [4.78, 5) is 30.7. The lowest BCUT2D eigenvalue weighted by atomic mass is 9.87. The number of para-hydroxylation sites is 1. The number of benzene rings is 2. The Morgan fingerprint density at radius 2 is 1.97 bits per heavy atom. The van der Waals surface area contributed by atoms with Crippen LogP contribution >= 0.6 is 0 Å². The first kappa shape index (κ1) is 17.8. The lowest BCUT2D eigenvalue weighted by molar-refractivity contribution is -0.312. The van der Waals surface area contributed by atoms with Gasteiger partial charge < -0.3 is 19.4 Å². The van der Waals surface area contributed by atoms with Crippen LogP contribution < -0.4 is 15.2 Å². The molecule has 0 unspecified atom stereocenters. The first-order valence-corrected chi connectivity index (χ1v) is 9.74. The van der Waals surface area contributed by atoms with Gasteiger partial charge >= 0.3 is 5.91 Å². The maximum Gasteiger partial charge on any atom is 0.331 e. The number of carbonyl (C=O) groups is 2. The van der Waals surface area contributed by atoms with Gasteiger partial charge in [-0.1, -0.05) is 31.2 Å². The van der Waals surface area contributed by atoms with Gasteiger partial charge in [0.15, 0.2) is 17.5 Å². The zero-order valence-corrected chi connectivity index (χ0v) is 16.1. The Morgan fingerprint density at radius 3 is 2.76 bits per heavy atom. The minimum absolute atomic E-state index is 0.0843. The molecule has 1 aromatic heterocycles. The van der Waals surface area contributed by atoms with Gasteiger partial charge in [0.1, 0.15) is 0 Å². The Labute approximate surface area is 167 Å². The maximum absolute atomic E-state index is 13.0. The van der Waals surface area contributed by atoms with Crippen molar-refractivity contribution >= 4 is 22.7 Å². The van der Waals surface area contributed by atoms with Gasteiger partial charge in [-0.3, -0.25) is 10.5 Å². The van der Waals surface area contributed by atoms with Crippen molar-refractivity contribution in [1.29, 1.82) is 0 Å². The van der Waals surface area contributed by atoms with E-state index in [1.807, 2.05) is 49.4 Å². The molecular weight excluding hydrogens is 370 g/mol. The van der Waals surface area contributed by atoms with Crippen LogP contribution in [-0.2, 0) is 16.0 Å². The molecule has 2 aliphatic heterocycles. The summed E-state index contributed by atoms with van der Waals surface area (Å²) in [7, 11) is 0. The summed E-state index contributed by atoms with van der Waals surface area (Å²) < 4.78 is 11.0. The molecule has 3 heterocycles. The van der Waals surface area contributed by atoms with E-state index in [1.54, 1.807) is 4.90 Å². The number of hydrogen-bond donors (Lipinski definition) is 2. The molecule has 2 aliphatic rings. The molecule has 2 amide bonds. The molecule has 0 aliphatic carbocycles. The number of fused-ring (bicyclic) bond motifs is 4. The molecule has 29 heavy (non-hydrogen) atoms. The number of quaternary nitrogens is 1. The first-order valence-electron chi connectivity index (χ1n) is 9.74. The fraction of sp³-hybridized carbons (Fsp3) is 0.273. The third-order valence-corrected chi connectivity index (χ3v) is 5.81. The molecule has 7 nitrogen and oxygen atoms in total. The number of carbonyl (C=O) groups excluding carboxylic acids is 2. The number of aromatic amines is 1. The predicted octanol–water partition coefficient (Wildman–Crippen LogP) is 1.92. The monoisotopic (exact) mass is 392 g/mol. The van der Waals surface area contributed by atoms with Crippen molar-refractivity contribution in [1.82, 2.24) is 9.88 Å². The third-order valence-electron chi connectivity index (χ3n) is 5.81. The summed E-state index contributed by atoms with van der Waals surface area (Å²) in [5, 5.41) is 1.07. The van der Waals surface area contributed by atoms with Crippen LogP contribution in [0, 0.1) is 0 Å². The lowest BCUT2D eigenvalue weighted by Crippen LogP contribution is -2.68. The van der Waals surface area contributed by atoms with E-state index in [0.717, 1.165) is 27.7 Å². The van der Waals surface area contributed by atoms with Crippen molar-refractivity contribution in [3.05, 3.63) is 59.3 Å². The number of nitrogens with zero attached hydrogens (tertiary/aromatic N) is 1. The minimum atomic E-state index is -0.607. The smallest absolute Gasteiger partial charge is 0.331 e. The second kappa shape index (κ2) is 6.63. The molecule has 5 rings (SSSR count). The Kier molecular flexibility index (Phi) is 4.06. The van der Waals surface area contributed by atoms with Crippen LogP contribution in [0.1, 0.15) is 36.2 Å². The summed E-state index contributed by atoms with van der Waals surface area (Å²) >= 11 is 0. The second-order valence-corrected chi connectivity index (χ2v) is 7.42. The molecule has 0 bridgehead atoms. The van der Waals surface area contributed by atoms with E-state index in [9.17, 15) is 9.59 Å². The van der Waals surface area contributed by atoms with E-state index in [2.05, 4.69) is 10.7 Å². The highest BCUT2D eigenvalue weighted by molar-refractivity contribution is 5.90. The number of rotatable bonds is 3. The van der Waals surface area contributed by atoms with Crippen LogP contribution in [0.15, 0.2) is 42.5 Å². The van der Waals surface area contributed by atoms with E-state index >= 15 is 0 Å². The minimum Gasteiger partial charge on any atom is -0.454 e. The molecule has 0 fully saturated rings. The summed E-state index contributed by atoms with van der Waals surface area (Å²) in [6, 6.07) is 12.7. The van der Waals surface area contributed by atoms with Crippen LogP contribution in [-0.4, -0.2) is 34.5 Å². The molecule has 4 N–H and O–H groups in total. The van der Waals surface area contributed by atoms with Gasteiger partial charge in [0.2, 0.25) is 12.7 Å². The maximum atomic E-state index is 13.0. The molecule has 0 saturated heterocycles. The average Bonchev–Trinajstić information content (AvgIpc) is 3.35. The van der Waals surface area contributed by atoms with Gasteiger partial charge in [0.25, 0.3) is 0 Å². The topological polar surface area (TPSA) is 99.3 Å². The normalized spacial score (nSPS) is 20.0. The molecule has 0 spiro atoms. The molecule has 7 heteroatoms. The highest BCUT2D eigenvalue weighted by Gasteiger charge is 2.43. The second-order valence-electron chi connectivity index (χ2n) is 7.42. The van der Waals surface area contributed by atoms with Crippen LogP contribution in [0.5, 0.6) is 11.5 Å². The van der Waals surface area contributed by atoms with Crippen LogP contribution in [0.4, 0.5) is 0 Å².